The summed E-state index contributed by atoms with van der Waals surface area (Å²) < 4.78 is 4.62. The number of esters is 1. The second-order valence-corrected chi connectivity index (χ2v) is 7.60. The number of hydrogen-bond acceptors (Lipinski definition) is 5. The molecule has 0 aromatic heterocycles. The largest absolute Gasteiger partial charge is 0.465 e. The minimum absolute atomic E-state index is 0.369. The van der Waals surface area contributed by atoms with Crippen molar-refractivity contribution < 1.29 is 19.1 Å². The van der Waals surface area contributed by atoms with E-state index in [9.17, 15) is 14.4 Å². The molecule has 1 aliphatic rings. The van der Waals surface area contributed by atoms with E-state index >= 15 is 0 Å². The van der Waals surface area contributed by atoms with E-state index in [4.69, 9.17) is 0 Å². The van der Waals surface area contributed by atoms with Crippen LogP contribution in [0, 0.1) is 0 Å². The predicted octanol–water partition coefficient (Wildman–Crippen LogP) is 3.15. The number of methoxy groups -OCH3 is 1. The first-order chi connectivity index (χ1) is 15.1. The highest BCUT2D eigenvalue weighted by atomic mass is 16.5. The first-order valence-electron chi connectivity index (χ1n) is 10.7. The summed E-state index contributed by atoms with van der Waals surface area (Å²) in [5, 5.41) is 5.16. The van der Waals surface area contributed by atoms with E-state index in [1.54, 1.807) is 12.1 Å². The standard InChI is InChI=1S/C24H29N3O4/c1-31-24(30)19-9-11-20(12-10-19)26-23(29)22(28)25-15-5-6-18-7-13-21(14-8-18)27-16-3-2-4-17-27/h7-14H,2-6,15-17H2,1H3,(H,25,28)(H,26,29). The van der Waals surface area contributed by atoms with Crippen molar-refractivity contribution in [1.29, 1.82) is 0 Å². The van der Waals surface area contributed by atoms with Crippen LogP contribution in [-0.4, -0.2) is 44.5 Å². The Morgan fingerprint density at radius 1 is 0.903 bits per heavy atom. The highest BCUT2D eigenvalue weighted by Gasteiger charge is 2.14. The molecule has 164 valence electrons. The van der Waals surface area contributed by atoms with E-state index in [0.29, 0.717) is 17.8 Å². The average molecular weight is 424 g/mol. The van der Waals surface area contributed by atoms with Crippen LogP contribution < -0.4 is 15.5 Å². The Bertz CT molecular complexity index is 888. The van der Waals surface area contributed by atoms with Crippen LogP contribution in [0.15, 0.2) is 48.5 Å². The molecule has 0 aliphatic carbocycles. The third-order valence-corrected chi connectivity index (χ3v) is 5.36. The fourth-order valence-corrected chi connectivity index (χ4v) is 3.60. The predicted molar refractivity (Wildman–Crippen MR) is 120 cm³/mol. The zero-order chi connectivity index (χ0) is 22.1. The Balaban J connectivity index is 1.37. The fraction of sp³-hybridized carbons (Fsp3) is 0.375. The van der Waals surface area contributed by atoms with E-state index < -0.39 is 17.8 Å². The van der Waals surface area contributed by atoms with Gasteiger partial charge in [0.15, 0.2) is 0 Å². The topological polar surface area (TPSA) is 87.7 Å². The van der Waals surface area contributed by atoms with Gasteiger partial charge in [0.05, 0.1) is 12.7 Å². The van der Waals surface area contributed by atoms with Crippen LogP contribution in [0.5, 0.6) is 0 Å². The van der Waals surface area contributed by atoms with Gasteiger partial charge in [0.2, 0.25) is 0 Å². The molecule has 2 aromatic carbocycles. The molecule has 3 rings (SSSR count). The molecule has 1 aliphatic heterocycles. The van der Waals surface area contributed by atoms with Crippen molar-refractivity contribution >= 4 is 29.2 Å². The number of hydrogen-bond donors (Lipinski definition) is 2. The summed E-state index contributed by atoms with van der Waals surface area (Å²) in [6.45, 7) is 2.67. The molecule has 0 radical (unpaired) electrons. The number of aryl methyl sites for hydroxylation is 1. The van der Waals surface area contributed by atoms with Gasteiger partial charge in [0.25, 0.3) is 0 Å². The summed E-state index contributed by atoms with van der Waals surface area (Å²) >= 11 is 0. The van der Waals surface area contributed by atoms with E-state index in [2.05, 4.69) is 44.5 Å². The van der Waals surface area contributed by atoms with Gasteiger partial charge in [-0.15, -0.1) is 0 Å². The molecule has 2 aromatic rings. The maximum atomic E-state index is 12.0. The van der Waals surface area contributed by atoms with Crippen molar-refractivity contribution in [3.05, 3.63) is 59.7 Å². The second-order valence-electron chi connectivity index (χ2n) is 7.60. The molecule has 31 heavy (non-hydrogen) atoms. The minimum Gasteiger partial charge on any atom is -0.465 e. The number of nitrogens with zero attached hydrogens (tertiary/aromatic N) is 1. The van der Waals surface area contributed by atoms with Crippen LogP contribution in [0.2, 0.25) is 0 Å². The van der Waals surface area contributed by atoms with Crippen LogP contribution >= 0.6 is 0 Å². The normalized spacial score (nSPS) is 13.4. The lowest BCUT2D eigenvalue weighted by Gasteiger charge is -2.28. The Morgan fingerprint density at radius 3 is 2.23 bits per heavy atom. The van der Waals surface area contributed by atoms with Gasteiger partial charge in [-0.25, -0.2) is 4.79 Å². The molecular formula is C24H29N3O4. The Morgan fingerprint density at radius 2 is 1.58 bits per heavy atom. The molecule has 0 saturated carbocycles. The van der Waals surface area contributed by atoms with Crippen LogP contribution in [0.25, 0.3) is 0 Å². The van der Waals surface area contributed by atoms with Crippen molar-refractivity contribution in [2.24, 2.45) is 0 Å². The number of carbonyl (C=O) groups excluding carboxylic acids is 3. The molecule has 1 fully saturated rings. The average Bonchev–Trinajstić information content (AvgIpc) is 2.82. The lowest BCUT2D eigenvalue weighted by Crippen LogP contribution is -2.36. The van der Waals surface area contributed by atoms with Crippen molar-refractivity contribution in [2.75, 3.05) is 37.0 Å². The maximum absolute atomic E-state index is 12.0. The maximum Gasteiger partial charge on any atom is 0.337 e. The highest BCUT2D eigenvalue weighted by molar-refractivity contribution is 6.39. The van der Waals surface area contributed by atoms with Crippen molar-refractivity contribution in [3.8, 4) is 0 Å². The lowest BCUT2D eigenvalue weighted by molar-refractivity contribution is -0.136. The fourth-order valence-electron chi connectivity index (χ4n) is 3.60. The summed E-state index contributed by atoms with van der Waals surface area (Å²) in [5.74, 6) is -1.88. The van der Waals surface area contributed by atoms with E-state index in [-0.39, 0.29) is 0 Å². The number of ether oxygens (including phenoxy) is 1. The molecular weight excluding hydrogens is 394 g/mol. The van der Waals surface area contributed by atoms with Crippen molar-refractivity contribution in [1.82, 2.24) is 5.32 Å². The molecule has 0 bridgehead atoms. The van der Waals surface area contributed by atoms with E-state index in [0.717, 1.165) is 25.9 Å². The molecule has 0 atom stereocenters. The Labute approximate surface area is 182 Å². The number of piperidine rings is 1. The molecule has 7 nitrogen and oxygen atoms in total. The van der Waals surface area contributed by atoms with E-state index in [1.807, 2.05) is 0 Å². The molecule has 1 heterocycles. The number of amides is 2. The second kappa shape index (κ2) is 11.2. The summed E-state index contributed by atoms with van der Waals surface area (Å²) in [4.78, 5) is 37.9. The lowest BCUT2D eigenvalue weighted by atomic mass is 10.1. The molecule has 7 heteroatoms. The molecule has 0 spiro atoms. The number of benzene rings is 2. The quantitative estimate of drug-likeness (QED) is 0.406. The van der Waals surface area contributed by atoms with Gasteiger partial charge < -0.3 is 20.3 Å². The van der Waals surface area contributed by atoms with Gasteiger partial charge in [-0.05, 0) is 74.1 Å². The van der Waals surface area contributed by atoms with Gasteiger partial charge in [-0.3, -0.25) is 9.59 Å². The number of anilines is 2. The van der Waals surface area contributed by atoms with Gasteiger partial charge in [-0.1, -0.05) is 12.1 Å². The Hall–Kier alpha value is -3.35. The first-order valence-corrected chi connectivity index (χ1v) is 10.7. The zero-order valence-corrected chi connectivity index (χ0v) is 17.9. The third-order valence-electron chi connectivity index (χ3n) is 5.36. The van der Waals surface area contributed by atoms with Crippen molar-refractivity contribution in [2.45, 2.75) is 32.1 Å². The SMILES string of the molecule is COC(=O)c1ccc(NC(=O)C(=O)NCCCc2ccc(N3CCCCC3)cc2)cc1. The third kappa shape index (κ3) is 6.57. The number of rotatable bonds is 7. The van der Waals surface area contributed by atoms with Gasteiger partial charge in [-0.2, -0.15) is 0 Å². The molecule has 0 unspecified atom stereocenters. The molecule has 2 amide bonds. The zero-order valence-electron chi connectivity index (χ0n) is 17.9. The first kappa shape index (κ1) is 22.3. The summed E-state index contributed by atoms with van der Waals surface area (Å²) in [7, 11) is 1.30. The smallest absolute Gasteiger partial charge is 0.337 e. The summed E-state index contributed by atoms with van der Waals surface area (Å²) in [6, 6.07) is 14.7. The minimum atomic E-state index is -0.739. The molecule has 1 saturated heterocycles. The van der Waals surface area contributed by atoms with Crippen LogP contribution in [0.4, 0.5) is 11.4 Å². The number of carbonyl (C=O) groups is 3. The number of nitrogens with one attached hydrogen (secondary N) is 2. The van der Waals surface area contributed by atoms with Crippen LogP contribution in [0.1, 0.15) is 41.6 Å². The summed E-state index contributed by atoms with van der Waals surface area (Å²) in [5.41, 5.74) is 3.29. The van der Waals surface area contributed by atoms with Crippen LogP contribution in [0.3, 0.4) is 0 Å². The summed E-state index contributed by atoms with van der Waals surface area (Å²) in [6.07, 6.45) is 5.41. The van der Waals surface area contributed by atoms with Gasteiger partial charge in [0, 0.05) is 31.0 Å². The highest BCUT2D eigenvalue weighted by Crippen LogP contribution is 2.20. The van der Waals surface area contributed by atoms with Crippen molar-refractivity contribution in [3.63, 3.8) is 0 Å². The van der Waals surface area contributed by atoms with Gasteiger partial charge in [0.1, 0.15) is 0 Å². The Kier molecular flexibility index (Phi) is 8.04. The van der Waals surface area contributed by atoms with E-state index in [1.165, 1.54) is 49.8 Å². The monoisotopic (exact) mass is 423 g/mol. The molecule has 2 N–H and O–H groups in total. The van der Waals surface area contributed by atoms with Gasteiger partial charge >= 0.3 is 17.8 Å². The van der Waals surface area contributed by atoms with Crippen LogP contribution in [-0.2, 0) is 20.7 Å².